The van der Waals surface area contributed by atoms with Gasteiger partial charge in [0.2, 0.25) is 5.75 Å². The SMILES string of the molecule is COc1cc(C(=O)Oc2ccc(/C=C(\C#N)C(=O)NCc3ccco3)cc2)cc(OC)c1OC. The van der Waals surface area contributed by atoms with Gasteiger partial charge in [-0.1, -0.05) is 12.1 Å². The third kappa shape index (κ3) is 5.75. The lowest BCUT2D eigenvalue weighted by atomic mass is 10.1. The van der Waals surface area contributed by atoms with Gasteiger partial charge in [0.25, 0.3) is 5.91 Å². The summed E-state index contributed by atoms with van der Waals surface area (Å²) in [6.07, 6.45) is 2.93. The monoisotopic (exact) mass is 462 g/mol. The van der Waals surface area contributed by atoms with E-state index < -0.39 is 11.9 Å². The van der Waals surface area contributed by atoms with Crippen molar-refractivity contribution < 1.29 is 33.0 Å². The third-order valence-electron chi connectivity index (χ3n) is 4.67. The molecule has 9 nitrogen and oxygen atoms in total. The number of methoxy groups -OCH3 is 3. The van der Waals surface area contributed by atoms with E-state index >= 15 is 0 Å². The molecule has 3 aromatic rings. The molecule has 0 atom stereocenters. The maximum atomic E-state index is 12.6. The molecule has 1 heterocycles. The van der Waals surface area contributed by atoms with Crippen molar-refractivity contribution in [2.75, 3.05) is 21.3 Å². The minimum absolute atomic E-state index is 0.0753. The summed E-state index contributed by atoms with van der Waals surface area (Å²) >= 11 is 0. The Balaban J connectivity index is 1.70. The van der Waals surface area contributed by atoms with Crippen molar-refractivity contribution in [3.8, 4) is 29.1 Å². The van der Waals surface area contributed by atoms with E-state index in [0.29, 0.717) is 28.6 Å². The molecule has 1 N–H and O–H groups in total. The number of furan rings is 1. The van der Waals surface area contributed by atoms with Crippen LogP contribution in [0, 0.1) is 11.3 Å². The van der Waals surface area contributed by atoms with Gasteiger partial charge in [0, 0.05) is 0 Å². The lowest BCUT2D eigenvalue weighted by molar-refractivity contribution is -0.117. The number of nitrogens with one attached hydrogen (secondary N) is 1. The number of carbonyl (C=O) groups is 2. The van der Waals surface area contributed by atoms with Crippen molar-refractivity contribution in [3.63, 3.8) is 0 Å². The number of amides is 1. The Hall–Kier alpha value is -4.71. The molecule has 2 aromatic carbocycles. The van der Waals surface area contributed by atoms with Gasteiger partial charge in [-0.05, 0) is 48.0 Å². The molecule has 0 bridgehead atoms. The number of hydrogen-bond acceptors (Lipinski definition) is 8. The van der Waals surface area contributed by atoms with E-state index in [1.165, 1.54) is 45.8 Å². The summed E-state index contributed by atoms with van der Waals surface area (Å²) in [5.74, 6) is 0.696. The van der Waals surface area contributed by atoms with E-state index in [9.17, 15) is 14.9 Å². The fraction of sp³-hybridized carbons (Fsp3) is 0.160. The molecule has 0 aliphatic rings. The van der Waals surface area contributed by atoms with Crippen LogP contribution in [-0.2, 0) is 11.3 Å². The zero-order valence-electron chi connectivity index (χ0n) is 18.8. The van der Waals surface area contributed by atoms with Crippen LogP contribution < -0.4 is 24.3 Å². The van der Waals surface area contributed by atoms with Gasteiger partial charge in [0.05, 0.1) is 39.7 Å². The average Bonchev–Trinajstić information content (AvgIpc) is 3.39. The number of nitriles is 1. The lowest BCUT2D eigenvalue weighted by Gasteiger charge is -2.13. The van der Waals surface area contributed by atoms with E-state index in [2.05, 4.69) is 5.32 Å². The van der Waals surface area contributed by atoms with Crippen LogP contribution in [0.1, 0.15) is 21.7 Å². The molecule has 174 valence electrons. The molecule has 34 heavy (non-hydrogen) atoms. The van der Waals surface area contributed by atoms with Gasteiger partial charge >= 0.3 is 5.97 Å². The highest BCUT2D eigenvalue weighted by molar-refractivity contribution is 6.01. The summed E-state index contributed by atoms with van der Waals surface area (Å²) < 4.78 is 26.3. The largest absolute Gasteiger partial charge is 0.493 e. The molecule has 1 aromatic heterocycles. The maximum absolute atomic E-state index is 12.6. The van der Waals surface area contributed by atoms with Crippen molar-refractivity contribution >= 4 is 18.0 Å². The van der Waals surface area contributed by atoms with Crippen LogP contribution in [0.5, 0.6) is 23.0 Å². The first-order chi connectivity index (χ1) is 16.5. The predicted molar refractivity (Wildman–Crippen MR) is 122 cm³/mol. The number of hydrogen-bond donors (Lipinski definition) is 1. The Bertz CT molecular complexity index is 1200. The zero-order valence-corrected chi connectivity index (χ0v) is 18.8. The molecule has 0 saturated heterocycles. The average molecular weight is 462 g/mol. The first kappa shape index (κ1) is 23.9. The van der Waals surface area contributed by atoms with Crippen molar-refractivity contribution in [1.29, 1.82) is 5.26 Å². The Morgan fingerprint density at radius 2 is 1.71 bits per heavy atom. The van der Waals surface area contributed by atoms with Crippen LogP contribution in [0.4, 0.5) is 0 Å². The molecule has 9 heteroatoms. The van der Waals surface area contributed by atoms with Gasteiger partial charge < -0.3 is 28.7 Å². The van der Waals surface area contributed by atoms with Crippen LogP contribution in [0.15, 0.2) is 64.8 Å². The van der Waals surface area contributed by atoms with Crippen LogP contribution in [-0.4, -0.2) is 33.2 Å². The van der Waals surface area contributed by atoms with Gasteiger partial charge in [0.1, 0.15) is 23.2 Å². The maximum Gasteiger partial charge on any atom is 0.343 e. The van der Waals surface area contributed by atoms with E-state index in [1.54, 1.807) is 36.4 Å². The summed E-state index contributed by atoms with van der Waals surface area (Å²) in [6, 6.07) is 14.6. The Labute approximate surface area is 196 Å². The molecule has 0 aliphatic carbocycles. The van der Waals surface area contributed by atoms with Gasteiger partial charge in [-0.15, -0.1) is 0 Å². The van der Waals surface area contributed by atoms with Crippen LogP contribution in [0.25, 0.3) is 6.08 Å². The van der Waals surface area contributed by atoms with Crippen molar-refractivity contribution in [1.82, 2.24) is 5.32 Å². The summed E-state index contributed by atoms with van der Waals surface area (Å²) in [6.45, 7) is 0.167. The van der Waals surface area contributed by atoms with Gasteiger partial charge in [-0.2, -0.15) is 5.26 Å². The molecular formula is C25H22N2O7. The standard InChI is InChI=1S/C25H22N2O7/c1-30-21-12-17(13-22(31-2)23(21)32-3)25(29)34-19-8-6-16(7-9-19)11-18(14-26)24(28)27-15-20-5-4-10-33-20/h4-13H,15H2,1-3H3,(H,27,28)/b18-11+. The molecule has 0 aliphatic heterocycles. The molecule has 3 rings (SSSR count). The number of carbonyl (C=O) groups excluding carboxylic acids is 2. The fourth-order valence-electron chi connectivity index (χ4n) is 2.99. The lowest BCUT2D eigenvalue weighted by Crippen LogP contribution is -2.23. The van der Waals surface area contributed by atoms with Gasteiger partial charge in [-0.3, -0.25) is 4.79 Å². The highest BCUT2D eigenvalue weighted by Gasteiger charge is 2.18. The molecular weight excluding hydrogens is 440 g/mol. The molecule has 1 amide bonds. The number of ether oxygens (including phenoxy) is 4. The summed E-state index contributed by atoms with van der Waals surface area (Å²) in [4.78, 5) is 24.9. The van der Waals surface area contributed by atoms with Gasteiger partial charge in [-0.25, -0.2) is 4.79 Å². The molecule has 0 saturated carbocycles. The van der Waals surface area contributed by atoms with Crippen LogP contribution in [0.2, 0.25) is 0 Å². The molecule has 0 unspecified atom stereocenters. The highest BCUT2D eigenvalue weighted by Crippen LogP contribution is 2.38. The number of rotatable bonds is 9. The topological polar surface area (TPSA) is 120 Å². The quantitative estimate of drug-likeness (QED) is 0.221. The van der Waals surface area contributed by atoms with E-state index in [-0.39, 0.29) is 23.4 Å². The van der Waals surface area contributed by atoms with E-state index in [1.807, 2.05) is 6.07 Å². The van der Waals surface area contributed by atoms with Crippen molar-refractivity contribution in [3.05, 3.63) is 77.3 Å². The predicted octanol–water partition coefficient (Wildman–Crippen LogP) is 3.75. The smallest absolute Gasteiger partial charge is 0.343 e. The number of nitrogens with zero attached hydrogens (tertiary/aromatic N) is 1. The second-order valence-corrected chi connectivity index (χ2v) is 6.80. The second kappa shape index (κ2) is 11.2. The molecule has 0 fully saturated rings. The molecule has 0 radical (unpaired) electrons. The summed E-state index contributed by atoms with van der Waals surface area (Å²) in [5.41, 5.74) is 0.712. The van der Waals surface area contributed by atoms with Crippen molar-refractivity contribution in [2.24, 2.45) is 0 Å². The van der Waals surface area contributed by atoms with Crippen molar-refractivity contribution in [2.45, 2.75) is 6.54 Å². The summed E-state index contributed by atoms with van der Waals surface area (Å²) in [5, 5.41) is 12.0. The third-order valence-corrected chi connectivity index (χ3v) is 4.67. The molecule has 0 spiro atoms. The zero-order chi connectivity index (χ0) is 24.5. The number of benzene rings is 2. The first-order valence-electron chi connectivity index (χ1n) is 10.0. The Kier molecular flexibility index (Phi) is 7.92. The number of esters is 1. The Morgan fingerprint density at radius 1 is 1.03 bits per heavy atom. The first-order valence-corrected chi connectivity index (χ1v) is 10.0. The van der Waals surface area contributed by atoms with E-state index in [0.717, 1.165) is 0 Å². The van der Waals surface area contributed by atoms with Crippen LogP contribution in [0.3, 0.4) is 0 Å². The minimum Gasteiger partial charge on any atom is -0.493 e. The Morgan fingerprint density at radius 3 is 2.24 bits per heavy atom. The summed E-state index contributed by atoms with van der Waals surface area (Å²) in [7, 11) is 4.37. The van der Waals surface area contributed by atoms with E-state index in [4.69, 9.17) is 23.4 Å². The second-order valence-electron chi connectivity index (χ2n) is 6.80. The fourth-order valence-corrected chi connectivity index (χ4v) is 2.99. The van der Waals surface area contributed by atoms with Crippen LogP contribution >= 0.6 is 0 Å². The normalized spacial score (nSPS) is 10.7. The highest BCUT2D eigenvalue weighted by atomic mass is 16.5. The van der Waals surface area contributed by atoms with Gasteiger partial charge in [0.15, 0.2) is 11.5 Å². The minimum atomic E-state index is -0.627.